The Morgan fingerprint density at radius 2 is 1.79 bits per heavy atom. The van der Waals surface area contributed by atoms with Crippen LogP contribution in [0.5, 0.6) is 5.75 Å². The van der Waals surface area contributed by atoms with Crippen molar-refractivity contribution in [2.45, 2.75) is 18.9 Å². The summed E-state index contributed by atoms with van der Waals surface area (Å²) in [7, 11) is 1.24. The Labute approximate surface area is 185 Å². The van der Waals surface area contributed by atoms with E-state index in [1.165, 1.54) is 19.2 Å². The SMILES string of the molecule is COc1cc(Cl)c(-c2nn(-c3ccc(C(F)(F)F)cc3)c(=O)[nH]2)cc1CNC(=O)C(F)(F)F. The molecule has 0 atom stereocenters. The van der Waals surface area contributed by atoms with Crippen LogP contribution in [-0.4, -0.2) is 34.0 Å². The Bertz CT molecular complexity index is 1230. The number of nitrogens with one attached hydrogen (secondary N) is 2. The van der Waals surface area contributed by atoms with Crippen LogP contribution >= 0.6 is 11.6 Å². The zero-order valence-corrected chi connectivity index (χ0v) is 17.2. The summed E-state index contributed by atoms with van der Waals surface area (Å²) in [6.45, 7) is -0.574. The fourth-order valence-electron chi connectivity index (χ4n) is 2.80. The van der Waals surface area contributed by atoms with E-state index in [2.05, 4.69) is 10.1 Å². The second-order valence-electron chi connectivity index (χ2n) is 6.56. The van der Waals surface area contributed by atoms with Crippen molar-refractivity contribution in [1.82, 2.24) is 20.1 Å². The lowest BCUT2D eigenvalue weighted by Crippen LogP contribution is -2.36. The van der Waals surface area contributed by atoms with Gasteiger partial charge in [-0.1, -0.05) is 11.6 Å². The number of benzene rings is 2. The molecule has 0 spiro atoms. The fourth-order valence-corrected chi connectivity index (χ4v) is 3.04. The minimum atomic E-state index is -5.09. The van der Waals surface area contributed by atoms with Crippen LogP contribution in [0.15, 0.2) is 41.2 Å². The lowest BCUT2D eigenvalue weighted by molar-refractivity contribution is -0.173. The first-order valence-electron chi connectivity index (χ1n) is 8.90. The monoisotopic (exact) mass is 494 g/mol. The highest BCUT2D eigenvalue weighted by molar-refractivity contribution is 6.33. The number of nitrogens with zero attached hydrogens (tertiary/aromatic N) is 2. The molecule has 0 saturated heterocycles. The molecule has 3 rings (SSSR count). The second-order valence-corrected chi connectivity index (χ2v) is 6.97. The van der Waals surface area contributed by atoms with E-state index in [-0.39, 0.29) is 33.4 Å². The minimum Gasteiger partial charge on any atom is -0.496 e. The summed E-state index contributed by atoms with van der Waals surface area (Å²) >= 11 is 6.18. The van der Waals surface area contributed by atoms with Gasteiger partial charge in [0.1, 0.15) is 5.75 Å². The normalized spacial score (nSPS) is 12.0. The maximum atomic E-state index is 12.7. The Kier molecular flexibility index (Phi) is 6.45. The van der Waals surface area contributed by atoms with Gasteiger partial charge in [0.15, 0.2) is 5.82 Å². The Balaban J connectivity index is 1.97. The number of methoxy groups -OCH3 is 1. The molecule has 0 unspecified atom stereocenters. The average Bonchev–Trinajstić information content (AvgIpc) is 3.12. The third kappa shape index (κ3) is 5.30. The van der Waals surface area contributed by atoms with Crippen LogP contribution in [0.4, 0.5) is 26.3 Å². The summed E-state index contributed by atoms with van der Waals surface area (Å²) < 4.78 is 81.5. The number of aromatic amines is 1. The molecule has 3 aromatic rings. The van der Waals surface area contributed by atoms with Crippen molar-refractivity contribution in [1.29, 1.82) is 0 Å². The van der Waals surface area contributed by atoms with Crippen LogP contribution in [0, 0.1) is 0 Å². The van der Waals surface area contributed by atoms with Gasteiger partial charge in [0, 0.05) is 17.7 Å². The first kappa shape index (κ1) is 24.2. The lowest BCUT2D eigenvalue weighted by Gasteiger charge is -2.13. The quantitative estimate of drug-likeness (QED) is 0.523. The summed E-state index contributed by atoms with van der Waals surface area (Å²) in [5.41, 5.74) is -1.52. The standard InChI is InChI=1S/C19H13ClF6N4O3/c1-33-14-7-13(20)12(6-9(14)8-27-16(31)19(24,25)26)15-28-17(32)30(29-15)11-4-2-10(3-5-11)18(21,22)23/h2-7H,8H2,1H3,(H,27,31)(H,28,29,32). The highest BCUT2D eigenvalue weighted by atomic mass is 35.5. The largest absolute Gasteiger partial charge is 0.496 e. The lowest BCUT2D eigenvalue weighted by atomic mass is 10.1. The first-order valence-corrected chi connectivity index (χ1v) is 9.28. The van der Waals surface area contributed by atoms with E-state index < -0.39 is 36.1 Å². The van der Waals surface area contributed by atoms with E-state index >= 15 is 0 Å². The molecule has 1 aromatic heterocycles. The van der Waals surface area contributed by atoms with Gasteiger partial charge in [-0.2, -0.15) is 31.0 Å². The molecule has 14 heteroatoms. The predicted octanol–water partition coefficient (Wildman–Crippen LogP) is 4.09. The van der Waals surface area contributed by atoms with Gasteiger partial charge in [-0.3, -0.25) is 9.78 Å². The molecule has 2 N–H and O–H groups in total. The number of rotatable bonds is 5. The van der Waals surface area contributed by atoms with E-state index in [1.807, 2.05) is 0 Å². The van der Waals surface area contributed by atoms with E-state index in [1.54, 1.807) is 5.32 Å². The van der Waals surface area contributed by atoms with E-state index in [0.29, 0.717) is 0 Å². The average molecular weight is 495 g/mol. The van der Waals surface area contributed by atoms with E-state index in [4.69, 9.17) is 16.3 Å². The number of H-pyrrole nitrogens is 1. The zero-order valence-electron chi connectivity index (χ0n) is 16.4. The van der Waals surface area contributed by atoms with Gasteiger partial charge in [0.25, 0.3) is 0 Å². The number of halogens is 7. The maximum Gasteiger partial charge on any atom is 0.471 e. The van der Waals surface area contributed by atoms with Crippen molar-refractivity contribution in [2.75, 3.05) is 7.11 Å². The van der Waals surface area contributed by atoms with Crippen molar-refractivity contribution in [2.24, 2.45) is 0 Å². The van der Waals surface area contributed by atoms with Gasteiger partial charge in [0.05, 0.1) is 23.4 Å². The van der Waals surface area contributed by atoms with E-state index in [9.17, 15) is 35.9 Å². The smallest absolute Gasteiger partial charge is 0.471 e. The molecule has 176 valence electrons. The van der Waals surface area contributed by atoms with Gasteiger partial charge in [-0.25, -0.2) is 4.79 Å². The summed E-state index contributed by atoms with van der Waals surface area (Å²) in [6, 6.07) is 6.15. The Hall–Kier alpha value is -3.48. The molecule has 0 aliphatic carbocycles. The van der Waals surface area contributed by atoms with Crippen LogP contribution in [-0.2, 0) is 17.5 Å². The van der Waals surface area contributed by atoms with Crippen molar-refractivity contribution >= 4 is 17.5 Å². The number of hydrogen-bond acceptors (Lipinski definition) is 4. The molecule has 0 saturated carbocycles. The highest BCUT2D eigenvalue weighted by Crippen LogP contribution is 2.33. The van der Waals surface area contributed by atoms with Crippen LogP contribution in [0.1, 0.15) is 11.1 Å². The van der Waals surface area contributed by atoms with Crippen molar-refractivity contribution in [3.05, 3.63) is 63.0 Å². The number of ether oxygens (including phenoxy) is 1. The summed E-state index contributed by atoms with van der Waals surface area (Å²) in [4.78, 5) is 25.8. The number of aromatic nitrogens is 3. The van der Waals surface area contributed by atoms with Crippen molar-refractivity contribution < 1.29 is 35.9 Å². The van der Waals surface area contributed by atoms with Gasteiger partial charge in [0.2, 0.25) is 0 Å². The Morgan fingerprint density at radius 3 is 2.33 bits per heavy atom. The molecule has 1 amide bonds. The molecule has 0 aliphatic rings. The van der Waals surface area contributed by atoms with Gasteiger partial charge < -0.3 is 10.1 Å². The predicted molar refractivity (Wildman–Crippen MR) is 104 cm³/mol. The number of hydrogen-bond donors (Lipinski definition) is 2. The van der Waals surface area contributed by atoms with Gasteiger partial charge in [-0.05, 0) is 36.4 Å². The fraction of sp³-hybridized carbons (Fsp3) is 0.211. The molecule has 0 bridgehead atoms. The topological polar surface area (TPSA) is 89.0 Å². The van der Waals surface area contributed by atoms with Crippen LogP contribution in [0.25, 0.3) is 17.1 Å². The molecule has 0 radical (unpaired) electrons. The molecule has 1 heterocycles. The van der Waals surface area contributed by atoms with Crippen molar-refractivity contribution in [3.63, 3.8) is 0 Å². The molecule has 33 heavy (non-hydrogen) atoms. The Morgan fingerprint density at radius 1 is 1.15 bits per heavy atom. The molecule has 0 aliphatic heterocycles. The number of amides is 1. The number of carbonyl (C=O) groups is 1. The number of alkyl halides is 6. The van der Waals surface area contributed by atoms with Crippen LogP contribution < -0.4 is 15.7 Å². The summed E-state index contributed by atoms with van der Waals surface area (Å²) in [6.07, 6.45) is -9.65. The van der Waals surface area contributed by atoms with Gasteiger partial charge in [-0.15, -0.1) is 5.10 Å². The number of carbonyl (C=O) groups excluding carboxylic acids is 1. The van der Waals surface area contributed by atoms with E-state index in [0.717, 1.165) is 28.9 Å². The van der Waals surface area contributed by atoms with Gasteiger partial charge >= 0.3 is 23.9 Å². The maximum absolute atomic E-state index is 12.7. The van der Waals surface area contributed by atoms with Crippen molar-refractivity contribution in [3.8, 4) is 22.8 Å². The molecule has 7 nitrogen and oxygen atoms in total. The first-order chi connectivity index (χ1) is 15.3. The highest BCUT2D eigenvalue weighted by Gasteiger charge is 2.38. The molecule has 0 fully saturated rings. The third-order valence-electron chi connectivity index (χ3n) is 4.38. The summed E-state index contributed by atoms with van der Waals surface area (Å²) in [5.74, 6) is -2.22. The minimum absolute atomic E-state index is 0.00562. The molecular formula is C19H13ClF6N4O3. The molecule has 2 aromatic carbocycles. The summed E-state index contributed by atoms with van der Waals surface area (Å²) in [5, 5.41) is 5.71. The van der Waals surface area contributed by atoms with Crippen LogP contribution in [0.3, 0.4) is 0 Å². The third-order valence-corrected chi connectivity index (χ3v) is 4.69. The molecular weight excluding hydrogens is 482 g/mol. The second kappa shape index (κ2) is 8.81. The zero-order chi connectivity index (χ0) is 24.6. The van der Waals surface area contributed by atoms with Crippen LogP contribution in [0.2, 0.25) is 5.02 Å².